The number of amides is 2. The van der Waals surface area contributed by atoms with Gasteiger partial charge in [-0.15, -0.1) is 0 Å². The molecule has 0 bridgehead atoms. The Morgan fingerprint density at radius 2 is 1.77 bits per heavy atom. The standard InChI is InChI=1S/C21H23Cl2N5O2/c1-21(2,12-24)30-18-9-8-15(10-16(18)19-17(23)11-25-28(19)3)27-20(29)26-14-6-4-13(22)5-7-14/h4-11H,12,24H2,1-3H3,(H2,26,27,29). The minimum Gasteiger partial charge on any atom is -0.486 e. The average molecular weight is 448 g/mol. The Hall–Kier alpha value is -2.74. The third-order valence-corrected chi connectivity index (χ3v) is 4.90. The molecule has 3 rings (SSSR count). The van der Waals surface area contributed by atoms with Gasteiger partial charge in [0.05, 0.1) is 16.9 Å². The maximum Gasteiger partial charge on any atom is 0.323 e. The molecule has 1 aromatic heterocycles. The molecule has 1 heterocycles. The number of aromatic nitrogens is 2. The van der Waals surface area contributed by atoms with Crippen LogP contribution in [0.15, 0.2) is 48.7 Å². The van der Waals surface area contributed by atoms with Crippen molar-refractivity contribution in [1.29, 1.82) is 0 Å². The van der Waals surface area contributed by atoms with Gasteiger partial charge in [0.2, 0.25) is 0 Å². The van der Waals surface area contributed by atoms with Crippen LogP contribution in [-0.4, -0.2) is 28.0 Å². The zero-order valence-corrected chi connectivity index (χ0v) is 18.4. The first-order chi connectivity index (χ1) is 14.2. The number of anilines is 2. The molecule has 2 aromatic carbocycles. The SMILES string of the molecule is Cn1ncc(Cl)c1-c1cc(NC(=O)Nc2ccc(Cl)cc2)ccc1OC(C)(C)CN. The van der Waals surface area contributed by atoms with Crippen LogP contribution in [0, 0.1) is 0 Å². The molecule has 0 aliphatic heterocycles. The van der Waals surface area contributed by atoms with Gasteiger partial charge in [-0.3, -0.25) is 4.68 Å². The van der Waals surface area contributed by atoms with E-state index in [2.05, 4.69) is 15.7 Å². The monoisotopic (exact) mass is 447 g/mol. The van der Waals surface area contributed by atoms with E-state index in [1.54, 1.807) is 60.4 Å². The number of carbonyl (C=O) groups is 1. The molecular formula is C21H23Cl2N5O2. The van der Waals surface area contributed by atoms with Crippen molar-refractivity contribution < 1.29 is 9.53 Å². The van der Waals surface area contributed by atoms with Crippen molar-refractivity contribution >= 4 is 40.6 Å². The number of aryl methyl sites for hydroxylation is 1. The van der Waals surface area contributed by atoms with Gasteiger partial charge in [-0.2, -0.15) is 5.10 Å². The van der Waals surface area contributed by atoms with Gasteiger partial charge in [-0.1, -0.05) is 23.2 Å². The molecule has 7 nitrogen and oxygen atoms in total. The number of benzene rings is 2. The molecule has 0 unspecified atom stereocenters. The number of nitrogens with zero attached hydrogens (tertiary/aromatic N) is 2. The molecule has 2 amide bonds. The van der Waals surface area contributed by atoms with Gasteiger partial charge < -0.3 is 21.1 Å². The third kappa shape index (κ3) is 5.24. The van der Waals surface area contributed by atoms with Gasteiger partial charge in [-0.25, -0.2) is 4.79 Å². The van der Waals surface area contributed by atoms with Crippen LogP contribution in [0.3, 0.4) is 0 Å². The molecule has 0 radical (unpaired) electrons. The van der Waals surface area contributed by atoms with Crippen LogP contribution in [0.5, 0.6) is 5.75 Å². The molecule has 0 atom stereocenters. The Morgan fingerprint density at radius 3 is 2.37 bits per heavy atom. The zero-order valence-electron chi connectivity index (χ0n) is 16.9. The lowest BCUT2D eigenvalue weighted by atomic mass is 10.1. The lowest BCUT2D eigenvalue weighted by Crippen LogP contribution is -2.37. The fourth-order valence-electron chi connectivity index (χ4n) is 2.76. The first kappa shape index (κ1) is 22.0. The highest BCUT2D eigenvalue weighted by atomic mass is 35.5. The fourth-order valence-corrected chi connectivity index (χ4v) is 3.16. The topological polar surface area (TPSA) is 94.2 Å². The normalized spacial score (nSPS) is 11.3. The number of nitrogens with one attached hydrogen (secondary N) is 2. The van der Waals surface area contributed by atoms with Crippen molar-refractivity contribution in [3.63, 3.8) is 0 Å². The molecule has 0 saturated heterocycles. The second-order valence-electron chi connectivity index (χ2n) is 7.33. The first-order valence-electron chi connectivity index (χ1n) is 9.23. The Morgan fingerprint density at radius 1 is 1.13 bits per heavy atom. The van der Waals surface area contributed by atoms with E-state index < -0.39 is 11.6 Å². The highest BCUT2D eigenvalue weighted by Crippen LogP contribution is 2.38. The number of hydrogen-bond donors (Lipinski definition) is 3. The summed E-state index contributed by atoms with van der Waals surface area (Å²) in [7, 11) is 1.78. The number of carbonyl (C=O) groups excluding carboxylic acids is 1. The molecule has 30 heavy (non-hydrogen) atoms. The number of urea groups is 1. The molecule has 0 fully saturated rings. The van der Waals surface area contributed by atoms with E-state index in [0.717, 1.165) is 0 Å². The van der Waals surface area contributed by atoms with E-state index in [1.807, 2.05) is 13.8 Å². The van der Waals surface area contributed by atoms with E-state index in [4.69, 9.17) is 33.7 Å². The molecule has 3 aromatic rings. The molecular weight excluding hydrogens is 425 g/mol. The van der Waals surface area contributed by atoms with Crippen LogP contribution in [0.25, 0.3) is 11.3 Å². The van der Waals surface area contributed by atoms with Crippen molar-refractivity contribution in [2.75, 3.05) is 17.2 Å². The largest absolute Gasteiger partial charge is 0.486 e. The van der Waals surface area contributed by atoms with Crippen LogP contribution in [-0.2, 0) is 7.05 Å². The van der Waals surface area contributed by atoms with Crippen LogP contribution in [0.2, 0.25) is 10.0 Å². The van der Waals surface area contributed by atoms with Gasteiger partial charge in [0.25, 0.3) is 0 Å². The number of ether oxygens (including phenoxy) is 1. The molecule has 0 saturated carbocycles. The van der Waals surface area contributed by atoms with Gasteiger partial charge in [0.1, 0.15) is 11.4 Å². The Kier molecular flexibility index (Phi) is 6.55. The number of rotatable bonds is 6. The number of halogens is 2. The average Bonchev–Trinajstić information content (AvgIpc) is 3.03. The molecule has 4 N–H and O–H groups in total. The van der Waals surface area contributed by atoms with Gasteiger partial charge in [0.15, 0.2) is 0 Å². The highest BCUT2D eigenvalue weighted by Gasteiger charge is 2.22. The second kappa shape index (κ2) is 8.95. The Balaban J connectivity index is 1.90. The summed E-state index contributed by atoms with van der Waals surface area (Å²) in [6.07, 6.45) is 1.56. The second-order valence-corrected chi connectivity index (χ2v) is 8.17. The fraction of sp³-hybridized carbons (Fsp3) is 0.238. The van der Waals surface area contributed by atoms with Crippen molar-refractivity contribution in [2.45, 2.75) is 19.4 Å². The summed E-state index contributed by atoms with van der Waals surface area (Å²) in [6.45, 7) is 4.12. The Bertz CT molecular complexity index is 1030. The van der Waals surface area contributed by atoms with Gasteiger partial charge >= 0.3 is 6.03 Å². The molecule has 9 heteroatoms. The Labute approximate surface area is 185 Å². The van der Waals surface area contributed by atoms with Crippen LogP contribution < -0.4 is 21.1 Å². The summed E-state index contributed by atoms with van der Waals surface area (Å²) in [5, 5.41) is 10.8. The summed E-state index contributed by atoms with van der Waals surface area (Å²) in [5.41, 5.74) is 7.77. The number of hydrogen-bond acceptors (Lipinski definition) is 4. The summed E-state index contributed by atoms with van der Waals surface area (Å²) in [5.74, 6) is 0.583. The minimum absolute atomic E-state index is 0.328. The maximum absolute atomic E-state index is 12.4. The quantitative estimate of drug-likeness (QED) is 0.486. The van der Waals surface area contributed by atoms with Gasteiger partial charge in [-0.05, 0) is 56.3 Å². The summed E-state index contributed by atoms with van der Waals surface area (Å²) >= 11 is 12.2. The third-order valence-electron chi connectivity index (χ3n) is 4.37. The number of nitrogens with two attached hydrogens (primary N) is 1. The van der Waals surface area contributed by atoms with Crippen LogP contribution >= 0.6 is 23.2 Å². The highest BCUT2D eigenvalue weighted by molar-refractivity contribution is 6.33. The zero-order chi connectivity index (χ0) is 21.9. The van der Waals surface area contributed by atoms with E-state index in [9.17, 15) is 4.79 Å². The summed E-state index contributed by atoms with van der Waals surface area (Å²) < 4.78 is 7.77. The molecule has 0 aliphatic rings. The summed E-state index contributed by atoms with van der Waals surface area (Å²) in [6, 6.07) is 11.7. The summed E-state index contributed by atoms with van der Waals surface area (Å²) in [4.78, 5) is 12.4. The minimum atomic E-state index is -0.583. The first-order valence-corrected chi connectivity index (χ1v) is 9.99. The molecule has 0 spiro atoms. The van der Waals surface area contributed by atoms with Crippen molar-refractivity contribution in [3.8, 4) is 17.0 Å². The van der Waals surface area contributed by atoms with Crippen LogP contribution in [0.1, 0.15) is 13.8 Å². The van der Waals surface area contributed by atoms with Crippen molar-refractivity contribution in [1.82, 2.24) is 9.78 Å². The molecule has 0 aliphatic carbocycles. The predicted molar refractivity (Wildman–Crippen MR) is 122 cm³/mol. The molecule has 158 valence electrons. The van der Waals surface area contributed by atoms with E-state index in [0.29, 0.717) is 45.0 Å². The lowest BCUT2D eigenvalue weighted by Gasteiger charge is -2.26. The van der Waals surface area contributed by atoms with Crippen molar-refractivity contribution in [2.24, 2.45) is 12.8 Å². The maximum atomic E-state index is 12.4. The van der Waals surface area contributed by atoms with E-state index in [1.165, 1.54) is 0 Å². The lowest BCUT2D eigenvalue weighted by molar-refractivity contribution is 0.119. The van der Waals surface area contributed by atoms with E-state index in [-0.39, 0.29) is 0 Å². The van der Waals surface area contributed by atoms with E-state index >= 15 is 0 Å². The van der Waals surface area contributed by atoms with Crippen molar-refractivity contribution in [3.05, 3.63) is 58.7 Å². The smallest absolute Gasteiger partial charge is 0.323 e. The van der Waals surface area contributed by atoms with Crippen LogP contribution in [0.4, 0.5) is 16.2 Å². The predicted octanol–water partition coefficient (Wildman–Crippen LogP) is 5.15. The van der Waals surface area contributed by atoms with Gasteiger partial charge in [0, 0.05) is 35.6 Å².